The van der Waals surface area contributed by atoms with E-state index in [1.54, 1.807) is 84.9 Å². The van der Waals surface area contributed by atoms with Crippen LogP contribution in [0.5, 0.6) is 0 Å². The maximum absolute atomic E-state index is 12.8. The van der Waals surface area contributed by atoms with Crippen LogP contribution in [0.15, 0.2) is 127 Å². The lowest BCUT2D eigenvalue weighted by Gasteiger charge is -2.18. The van der Waals surface area contributed by atoms with Gasteiger partial charge in [-0.2, -0.15) is 0 Å². The monoisotopic (exact) mass is 980 g/mol. The molecule has 2 aliphatic rings. The number of carbonyl (C=O) groups excluding carboxylic acids is 4. The Labute approximate surface area is 409 Å². The van der Waals surface area contributed by atoms with Crippen molar-refractivity contribution in [1.82, 2.24) is 19.8 Å². The number of nitrogens with zero attached hydrogens (tertiary/aromatic N) is 5. The van der Waals surface area contributed by atoms with Crippen molar-refractivity contribution >= 4 is 105 Å². The molecule has 346 valence electrons. The largest absolute Gasteiger partial charge is 0.358 e. The van der Waals surface area contributed by atoms with Gasteiger partial charge in [0, 0.05) is 71.4 Å². The molecule has 0 unspecified atom stereocenters. The van der Waals surface area contributed by atoms with Crippen LogP contribution in [0.4, 0.5) is 23.0 Å². The van der Waals surface area contributed by atoms with Crippen molar-refractivity contribution in [2.75, 3.05) is 54.5 Å². The Bertz CT molecular complexity index is 2770. The molecule has 4 heterocycles. The molecular weight excluding hydrogens is 934 g/mol. The smallest absolute Gasteiger partial charge is 0.258 e. The fourth-order valence-electron chi connectivity index (χ4n) is 6.80. The normalized spacial score (nSPS) is 12.6. The number of rotatable bonds is 10. The minimum Gasteiger partial charge on any atom is -0.358 e. The maximum Gasteiger partial charge on any atom is 0.258 e. The third kappa shape index (κ3) is 13.4. The molecule has 2 aliphatic heterocycles. The number of benzene rings is 4. The molecule has 0 saturated carbocycles. The van der Waals surface area contributed by atoms with Gasteiger partial charge in [0.1, 0.15) is 23.3 Å². The van der Waals surface area contributed by atoms with E-state index in [4.69, 9.17) is 51.8 Å². The molecule has 0 bridgehead atoms. The zero-order valence-electron chi connectivity index (χ0n) is 34.7. The van der Waals surface area contributed by atoms with E-state index < -0.39 is 11.8 Å². The van der Waals surface area contributed by atoms with Crippen LogP contribution >= 0.6 is 46.4 Å². The van der Waals surface area contributed by atoms with Gasteiger partial charge in [-0.05, 0) is 97.8 Å². The van der Waals surface area contributed by atoms with E-state index in [9.17, 15) is 19.2 Å². The number of anilines is 4. The third-order valence-corrected chi connectivity index (χ3v) is 11.1. The molecule has 1 saturated heterocycles. The molecule has 8 rings (SSSR count). The van der Waals surface area contributed by atoms with Crippen LogP contribution in [0, 0.1) is 5.41 Å². The second-order valence-corrected chi connectivity index (χ2v) is 16.5. The highest BCUT2D eigenvalue weighted by Crippen LogP contribution is 2.25. The number of hydrogen-bond acceptors (Lipinski definition) is 9. The molecule has 0 spiro atoms. The van der Waals surface area contributed by atoms with Crippen molar-refractivity contribution < 1.29 is 19.2 Å². The van der Waals surface area contributed by atoms with Crippen molar-refractivity contribution in [3.63, 3.8) is 0 Å². The molecule has 14 nitrogen and oxygen atoms in total. The predicted octanol–water partition coefficient (Wildman–Crippen LogP) is 11.2. The number of pyridine rings is 2. The standard InChI is InChI=1S/C24H21Cl2N5O2.C23H19Cl2N5O2.2CH4/c25-17-7-9-20(19(13-17)24(33)30-21-10-8-18(26)14-28-21)29-23(32)16-5-3-15(4-6-16)22(27)31-11-1-2-12-31;1-30-11-10-26-21(30)14-2-4-15(5-3-14)22(31)28-19-8-6-16(24)12-18(19)23(32)29-20-9-7-17(25)13-27-20;;/h3-10,13-14,27H,1-2,11-12H2,(H,29,32)(H,28,30,33);2-9,12-13H,10-11H2,1H3,(H,28,31)(H,27,29,32);2*1H4. The number of carbonyl (C=O) groups is 4. The quantitative estimate of drug-likeness (QED) is 0.0663. The Morgan fingerprint density at radius 1 is 0.537 bits per heavy atom. The summed E-state index contributed by atoms with van der Waals surface area (Å²) in [7, 11) is 1.99. The minimum atomic E-state index is -0.475. The number of nitrogens with one attached hydrogen (secondary N) is 5. The molecule has 18 heteroatoms. The Morgan fingerprint density at radius 2 is 0.970 bits per heavy atom. The van der Waals surface area contributed by atoms with Crippen LogP contribution < -0.4 is 21.3 Å². The van der Waals surface area contributed by atoms with Gasteiger partial charge in [0.25, 0.3) is 23.6 Å². The molecule has 1 fully saturated rings. The Balaban J connectivity index is 0.000000244. The Kier molecular flexibility index (Phi) is 18.0. The predicted molar refractivity (Wildman–Crippen MR) is 271 cm³/mol. The molecule has 5 N–H and O–H groups in total. The molecule has 0 atom stereocenters. The molecule has 4 amide bonds. The molecule has 0 radical (unpaired) electrons. The first-order valence-corrected chi connectivity index (χ1v) is 21.7. The lowest BCUT2D eigenvalue weighted by Crippen LogP contribution is -2.27. The van der Waals surface area contributed by atoms with E-state index in [1.165, 1.54) is 24.5 Å². The second-order valence-electron chi connectivity index (χ2n) is 14.7. The van der Waals surface area contributed by atoms with Gasteiger partial charge < -0.3 is 31.1 Å². The molecule has 6 aromatic rings. The number of amidine groups is 2. The molecule has 67 heavy (non-hydrogen) atoms. The average Bonchev–Trinajstić information content (AvgIpc) is 4.02. The zero-order chi connectivity index (χ0) is 46.0. The first kappa shape index (κ1) is 51.1. The number of likely N-dealkylation sites (N-methyl/N-ethyl adjacent to an activating group) is 1. The van der Waals surface area contributed by atoms with Crippen molar-refractivity contribution in [1.29, 1.82) is 5.41 Å². The second kappa shape index (κ2) is 23.6. The van der Waals surface area contributed by atoms with Gasteiger partial charge in [0.2, 0.25) is 0 Å². The SMILES string of the molecule is C.C.CN1CCN=C1c1ccc(C(=O)Nc2ccc(Cl)cc2C(=O)Nc2ccc(Cl)cn2)cc1.N=C(c1ccc(C(=O)Nc2ccc(Cl)cc2C(=O)Nc2ccc(Cl)cn2)cc1)N1CCCC1. The first-order chi connectivity index (χ1) is 31.3. The number of aromatic nitrogens is 2. The zero-order valence-corrected chi connectivity index (χ0v) is 37.7. The summed E-state index contributed by atoms with van der Waals surface area (Å²) in [5, 5.41) is 20.9. The highest BCUT2D eigenvalue weighted by atomic mass is 35.5. The average molecular weight is 983 g/mol. The molecule has 2 aromatic heterocycles. The van der Waals surface area contributed by atoms with E-state index in [0.29, 0.717) is 60.1 Å². The summed E-state index contributed by atoms with van der Waals surface area (Å²) in [4.78, 5) is 68.0. The molecule has 0 aliphatic carbocycles. The third-order valence-electron chi connectivity index (χ3n) is 10.2. The fourth-order valence-corrected chi connectivity index (χ4v) is 7.37. The summed E-state index contributed by atoms with van der Waals surface area (Å²) >= 11 is 23.8. The van der Waals surface area contributed by atoms with Gasteiger partial charge >= 0.3 is 0 Å². The maximum atomic E-state index is 12.8. The van der Waals surface area contributed by atoms with Crippen LogP contribution in [0.3, 0.4) is 0 Å². The Hall–Kier alpha value is -6.84. The van der Waals surface area contributed by atoms with Gasteiger partial charge in [-0.3, -0.25) is 29.6 Å². The molecular formula is C49H48Cl4N10O4. The summed E-state index contributed by atoms with van der Waals surface area (Å²) in [6, 6.07) is 29.7. The van der Waals surface area contributed by atoms with Crippen molar-refractivity contribution in [3.05, 3.63) is 175 Å². The van der Waals surface area contributed by atoms with Crippen LogP contribution in [0.1, 0.15) is 80.3 Å². The summed E-state index contributed by atoms with van der Waals surface area (Å²) < 4.78 is 0. The van der Waals surface area contributed by atoms with E-state index in [1.807, 2.05) is 24.1 Å². The van der Waals surface area contributed by atoms with Gasteiger partial charge in [-0.25, -0.2) is 9.97 Å². The summed E-state index contributed by atoms with van der Waals surface area (Å²) in [5.74, 6) is 0.350. The molecule has 4 aromatic carbocycles. The van der Waals surface area contributed by atoms with E-state index >= 15 is 0 Å². The van der Waals surface area contributed by atoms with Crippen LogP contribution in [-0.2, 0) is 0 Å². The van der Waals surface area contributed by atoms with Crippen LogP contribution in [-0.4, -0.2) is 88.3 Å². The fraction of sp³-hybridized carbons (Fsp3) is 0.184. The van der Waals surface area contributed by atoms with Gasteiger partial charge in [0.05, 0.1) is 39.1 Å². The van der Waals surface area contributed by atoms with Gasteiger partial charge in [0.15, 0.2) is 0 Å². The van der Waals surface area contributed by atoms with Crippen LogP contribution in [0.25, 0.3) is 0 Å². The number of likely N-dealkylation sites (tertiary alicyclic amines) is 1. The highest BCUT2D eigenvalue weighted by Gasteiger charge is 2.21. The first-order valence-electron chi connectivity index (χ1n) is 20.2. The topological polar surface area (TPSA) is 185 Å². The summed E-state index contributed by atoms with van der Waals surface area (Å²) in [6.07, 6.45) is 5.03. The highest BCUT2D eigenvalue weighted by molar-refractivity contribution is 6.32. The lowest BCUT2D eigenvalue weighted by atomic mass is 10.1. The summed E-state index contributed by atoms with van der Waals surface area (Å²) in [6.45, 7) is 3.41. The number of hydrogen-bond donors (Lipinski definition) is 5. The van der Waals surface area contributed by atoms with Gasteiger partial charge in [-0.1, -0.05) is 85.5 Å². The van der Waals surface area contributed by atoms with Crippen LogP contribution in [0.2, 0.25) is 20.1 Å². The lowest BCUT2D eigenvalue weighted by molar-refractivity contribution is 0.101. The summed E-state index contributed by atoms with van der Waals surface area (Å²) in [5.41, 5.74) is 3.61. The Morgan fingerprint density at radius 3 is 1.39 bits per heavy atom. The van der Waals surface area contributed by atoms with E-state index in [0.717, 1.165) is 56.0 Å². The van der Waals surface area contributed by atoms with Crippen molar-refractivity contribution in [2.24, 2.45) is 4.99 Å². The van der Waals surface area contributed by atoms with Gasteiger partial charge in [-0.15, -0.1) is 0 Å². The number of halogens is 4. The van der Waals surface area contributed by atoms with Crippen molar-refractivity contribution in [2.45, 2.75) is 27.7 Å². The van der Waals surface area contributed by atoms with E-state index in [-0.39, 0.29) is 37.8 Å². The van der Waals surface area contributed by atoms with Crippen molar-refractivity contribution in [3.8, 4) is 0 Å². The minimum absolute atomic E-state index is 0. The number of aliphatic imine (C=N–C) groups is 1. The van der Waals surface area contributed by atoms with E-state index in [2.05, 4.69) is 41.1 Å². The number of amides is 4.